The van der Waals surface area contributed by atoms with Crippen molar-refractivity contribution in [2.24, 2.45) is 0 Å². The third kappa shape index (κ3) is 2.13. The van der Waals surface area contributed by atoms with E-state index in [1.54, 1.807) is 12.1 Å². The van der Waals surface area contributed by atoms with Crippen molar-refractivity contribution in [3.63, 3.8) is 0 Å². The van der Waals surface area contributed by atoms with Crippen LogP contribution in [0.15, 0.2) is 41.3 Å². The summed E-state index contributed by atoms with van der Waals surface area (Å²) < 4.78 is 31.0. The summed E-state index contributed by atoms with van der Waals surface area (Å²) in [4.78, 5) is -0.198. The molecule has 0 saturated heterocycles. The third-order valence-corrected chi connectivity index (χ3v) is 3.02. The first-order valence-corrected chi connectivity index (χ1v) is 5.62. The molecule has 0 aliphatic carbocycles. The van der Waals surface area contributed by atoms with Crippen LogP contribution in [0.5, 0.6) is 5.75 Å². The first kappa shape index (κ1) is 12.4. The highest BCUT2D eigenvalue weighted by Gasteiger charge is 2.13. The molecule has 0 bridgehead atoms. The molecule has 0 saturated carbocycles. The van der Waals surface area contributed by atoms with Crippen LogP contribution in [0.3, 0.4) is 0 Å². The van der Waals surface area contributed by atoms with E-state index in [0.717, 1.165) is 0 Å². The first-order valence-electron chi connectivity index (χ1n) is 4.18. The van der Waals surface area contributed by atoms with Gasteiger partial charge in [0.05, 0.1) is 0 Å². The summed E-state index contributed by atoms with van der Waals surface area (Å²) in [6.07, 6.45) is 0. The number of benzene rings is 2. The highest BCUT2D eigenvalue weighted by molar-refractivity contribution is 7.86. The molecule has 5 nitrogen and oxygen atoms in total. The zero-order valence-electron chi connectivity index (χ0n) is 8.29. The zero-order chi connectivity index (χ0) is 11.1. The van der Waals surface area contributed by atoms with Gasteiger partial charge in [0, 0.05) is 5.39 Å². The number of fused-ring (bicyclic) bond motifs is 1. The molecule has 0 aliphatic rings. The number of hydrogen-bond donors (Lipinski definition) is 3. The molecule has 2 aromatic carbocycles. The van der Waals surface area contributed by atoms with E-state index in [1.165, 1.54) is 24.3 Å². The Bertz CT molecular complexity index is 622. The van der Waals surface area contributed by atoms with Crippen molar-refractivity contribution in [2.45, 2.75) is 4.90 Å². The zero-order valence-corrected chi connectivity index (χ0v) is 9.11. The van der Waals surface area contributed by atoms with E-state index in [2.05, 4.69) is 0 Å². The Morgan fingerprint density at radius 1 is 1.06 bits per heavy atom. The molecule has 0 heterocycles. The SMILES string of the molecule is N.O=S(=O)(O)c1cccc2ccc(O)cc12. The van der Waals surface area contributed by atoms with Crippen molar-refractivity contribution < 1.29 is 18.1 Å². The second kappa shape index (κ2) is 4.09. The Labute approximate surface area is 92.7 Å². The van der Waals surface area contributed by atoms with E-state index in [1.807, 2.05) is 0 Å². The van der Waals surface area contributed by atoms with Crippen LogP contribution in [-0.2, 0) is 10.1 Å². The minimum absolute atomic E-state index is 0. The molecule has 0 radical (unpaired) electrons. The standard InChI is InChI=1S/C10H8O4S.H3N/c11-8-5-4-7-2-1-3-10(9(7)6-8)15(12,13)14;/h1-6,11H,(H,12,13,14);1H3. The molecular formula is C10H11NO4S. The molecular weight excluding hydrogens is 230 g/mol. The van der Waals surface area contributed by atoms with Crippen molar-refractivity contribution in [3.05, 3.63) is 36.4 Å². The first-order chi connectivity index (χ1) is 6.98. The Balaban J connectivity index is 0.00000128. The maximum atomic E-state index is 11.0. The van der Waals surface area contributed by atoms with Gasteiger partial charge in [0.2, 0.25) is 0 Å². The van der Waals surface area contributed by atoms with Crippen LogP contribution in [-0.4, -0.2) is 18.1 Å². The quantitative estimate of drug-likeness (QED) is 0.661. The fraction of sp³-hybridized carbons (Fsp3) is 0. The lowest BCUT2D eigenvalue weighted by Gasteiger charge is -2.03. The van der Waals surface area contributed by atoms with Gasteiger partial charge in [-0.3, -0.25) is 4.55 Å². The van der Waals surface area contributed by atoms with Gasteiger partial charge in [0.25, 0.3) is 10.1 Å². The maximum Gasteiger partial charge on any atom is 0.295 e. The Hall–Kier alpha value is -1.63. The van der Waals surface area contributed by atoms with Crippen molar-refractivity contribution >= 4 is 20.9 Å². The molecule has 5 N–H and O–H groups in total. The van der Waals surface area contributed by atoms with Crippen molar-refractivity contribution in [2.75, 3.05) is 0 Å². The number of aromatic hydroxyl groups is 1. The Kier molecular flexibility index (Phi) is 3.18. The number of rotatable bonds is 1. The van der Waals surface area contributed by atoms with Gasteiger partial charge in [-0.25, -0.2) is 0 Å². The number of hydrogen-bond acceptors (Lipinski definition) is 4. The van der Waals surface area contributed by atoms with Crippen LogP contribution in [0.1, 0.15) is 0 Å². The van der Waals surface area contributed by atoms with Crippen molar-refractivity contribution in [1.82, 2.24) is 6.15 Å². The van der Waals surface area contributed by atoms with Crippen LogP contribution in [0.25, 0.3) is 10.8 Å². The van der Waals surface area contributed by atoms with Gasteiger partial charge in [-0.15, -0.1) is 0 Å². The average Bonchev–Trinajstić information content (AvgIpc) is 2.15. The minimum atomic E-state index is -4.26. The summed E-state index contributed by atoms with van der Waals surface area (Å²) in [7, 11) is -4.26. The van der Waals surface area contributed by atoms with E-state index >= 15 is 0 Å². The minimum Gasteiger partial charge on any atom is -0.508 e. The largest absolute Gasteiger partial charge is 0.508 e. The molecule has 86 valence electrons. The summed E-state index contributed by atoms with van der Waals surface area (Å²) in [5.74, 6) is -0.0430. The predicted molar refractivity (Wildman–Crippen MR) is 60.4 cm³/mol. The van der Waals surface area contributed by atoms with Gasteiger partial charge >= 0.3 is 0 Å². The van der Waals surface area contributed by atoms with Gasteiger partial charge in [-0.1, -0.05) is 18.2 Å². The molecule has 6 heteroatoms. The monoisotopic (exact) mass is 241 g/mol. The van der Waals surface area contributed by atoms with Crippen LogP contribution in [0.2, 0.25) is 0 Å². The topological polar surface area (TPSA) is 110 Å². The van der Waals surface area contributed by atoms with Gasteiger partial charge in [0.1, 0.15) is 10.6 Å². The number of phenols is 1. The molecule has 0 fully saturated rings. The molecule has 2 aromatic rings. The van der Waals surface area contributed by atoms with Gasteiger partial charge < -0.3 is 11.3 Å². The fourth-order valence-corrected chi connectivity index (χ4v) is 2.16. The Morgan fingerprint density at radius 2 is 1.75 bits per heavy atom. The van der Waals surface area contributed by atoms with Crippen LogP contribution >= 0.6 is 0 Å². The van der Waals surface area contributed by atoms with Crippen LogP contribution in [0.4, 0.5) is 0 Å². The lowest BCUT2D eigenvalue weighted by atomic mass is 10.1. The van der Waals surface area contributed by atoms with E-state index < -0.39 is 10.1 Å². The molecule has 0 amide bonds. The number of phenolic OH excluding ortho intramolecular Hbond substituents is 1. The second-order valence-corrected chi connectivity index (χ2v) is 4.53. The lowest BCUT2D eigenvalue weighted by Crippen LogP contribution is -1.98. The van der Waals surface area contributed by atoms with E-state index in [9.17, 15) is 13.5 Å². The summed E-state index contributed by atoms with van der Waals surface area (Å²) in [6, 6.07) is 8.86. The lowest BCUT2D eigenvalue weighted by molar-refractivity contribution is 0.476. The molecule has 0 atom stereocenters. The van der Waals surface area contributed by atoms with Gasteiger partial charge in [0.15, 0.2) is 0 Å². The average molecular weight is 241 g/mol. The third-order valence-electron chi connectivity index (χ3n) is 2.10. The normalized spacial score (nSPS) is 11.1. The summed E-state index contributed by atoms with van der Waals surface area (Å²) in [6.45, 7) is 0. The van der Waals surface area contributed by atoms with Gasteiger partial charge in [-0.05, 0) is 23.6 Å². The highest BCUT2D eigenvalue weighted by Crippen LogP contribution is 2.26. The molecule has 16 heavy (non-hydrogen) atoms. The second-order valence-electron chi connectivity index (χ2n) is 3.14. The highest BCUT2D eigenvalue weighted by atomic mass is 32.2. The smallest absolute Gasteiger partial charge is 0.295 e. The molecule has 0 spiro atoms. The van der Waals surface area contributed by atoms with Crippen LogP contribution in [0, 0.1) is 0 Å². The predicted octanol–water partition coefficient (Wildman–Crippen LogP) is 1.95. The summed E-state index contributed by atoms with van der Waals surface area (Å²) >= 11 is 0. The molecule has 2 rings (SSSR count). The van der Waals surface area contributed by atoms with E-state index in [4.69, 9.17) is 4.55 Å². The maximum absolute atomic E-state index is 11.0. The fourth-order valence-electron chi connectivity index (χ4n) is 1.46. The molecule has 0 aromatic heterocycles. The molecule has 0 unspecified atom stereocenters. The van der Waals surface area contributed by atoms with Crippen molar-refractivity contribution in [3.8, 4) is 5.75 Å². The molecule has 0 aliphatic heterocycles. The van der Waals surface area contributed by atoms with E-state index in [-0.39, 0.29) is 16.8 Å². The van der Waals surface area contributed by atoms with E-state index in [0.29, 0.717) is 10.8 Å². The summed E-state index contributed by atoms with van der Waals surface area (Å²) in [5.41, 5.74) is 0. The Morgan fingerprint density at radius 3 is 2.38 bits per heavy atom. The van der Waals surface area contributed by atoms with Crippen LogP contribution < -0.4 is 6.15 Å². The van der Waals surface area contributed by atoms with Gasteiger partial charge in [-0.2, -0.15) is 8.42 Å². The van der Waals surface area contributed by atoms with Crippen molar-refractivity contribution in [1.29, 1.82) is 0 Å². The summed E-state index contributed by atoms with van der Waals surface area (Å²) in [5, 5.41) is 10.2.